The van der Waals surface area contributed by atoms with Gasteiger partial charge < -0.3 is 14.2 Å². The largest absolute Gasteiger partial charge is 0.493 e. The van der Waals surface area contributed by atoms with Crippen LogP contribution in [-0.4, -0.2) is 26.3 Å². The van der Waals surface area contributed by atoms with Gasteiger partial charge in [0, 0.05) is 6.08 Å². The predicted molar refractivity (Wildman–Crippen MR) is 120 cm³/mol. The normalized spacial score (nSPS) is 12.6. The summed E-state index contributed by atoms with van der Waals surface area (Å²) in [7, 11) is 1.61. The topological polar surface area (TPSA) is 44.8 Å². The van der Waals surface area contributed by atoms with Crippen LogP contribution in [0.1, 0.15) is 59.4 Å². The monoisotopic (exact) mass is 400 g/mol. The van der Waals surface area contributed by atoms with E-state index in [9.17, 15) is 4.79 Å². The van der Waals surface area contributed by atoms with Gasteiger partial charge in [-0.25, -0.2) is 4.79 Å². The number of carbonyl (C=O) groups excluding carboxylic acids is 1. The second-order valence-corrected chi connectivity index (χ2v) is 7.57. The van der Waals surface area contributed by atoms with Crippen LogP contribution in [0.3, 0.4) is 0 Å². The molecule has 0 saturated carbocycles. The molecule has 0 heterocycles. The molecule has 1 aromatic rings. The van der Waals surface area contributed by atoms with E-state index in [2.05, 4.69) is 46.8 Å². The summed E-state index contributed by atoms with van der Waals surface area (Å²) < 4.78 is 16.5. The molecular weight excluding hydrogens is 364 g/mol. The molecule has 0 fully saturated rings. The molecule has 1 atom stereocenters. The van der Waals surface area contributed by atoms with E-state index in [0.717, 1.165) is 24.8 Å². The van der Waals surface area contributed by atoms with E-state index < -0.39 is 0 Å². The van der Waals surface area contributed by atoms with E-state index in [4.69, 9.17) is 14.2 Å². The van der Waals surface area contributed by atoms with Crippen molar-refractivity contribution in [2.75, 3.05) is 20.3 Å². The second kappa shape index (κ2) is 13.6. The Kier molecular flexibility index (Phi) is 11.6. The van der Waals surface area contributed by atoms with E-state index in [0.29, 0.717) is 30.6 Å². The number of allylic oxidation sites excluding steroid dienone is 3. The van der Waals surface area contributed by atoms with E-state index >= 15 is 0 Å². The van der Waals surface area contributed by atoms with Gasteiger partial charge in [0.15, 0.2) is 11.5 Å². The molecule has 4 heteroatoms. The first-order chi connectivity index (χ1) is 13.8. The number of benzene rings is 1. The number of hydrogen-bond acceptors (Lipinski definition) is 4. The molecule has 0 N–H and O–H groups in total. The smallest absolute Gasteiger partial charge is 0.330 e. The van der Waals surface area contributed by atoms with Crippen molar-refractivity contribution < 1.29 is 19.0 Å². The fourth-order valence-corrected chi connectivity index (χ4v) is 2.43. The molecule has 0 amide bonds. The van der Waals surface area contributed by atoms with Gasteiger partial charge in [0.25, 0.3) is 0 Å². The van der Waals surface area contributed by atoms with Crippen molar-refractivity contribution in [3.63, 3.8) is 0 Å². The summed E-state index contributed by atoms with van der Waals surface area (Å²) in [6, 6.07) is 5.59. The maximum atomic E-state index is 11.8. The van der Waals surface area contributed by atoms with Gasteiger partial charge in [0.05, 0.1) is 13.7 Å². The van der Waals surface area contributed by atoms with Crippen molar-refractivity contribution >= 4 is 12.0 Å². The molecule has 0 saturated heterocycles. The third-order valence-corrected chi connectivity index (χ3v) is 4.57. The van der Waals surface area contributed by atoms with Crippen LogP contribution in [0.4, 0.5) is 0 Å². The summed E-state index contributed by atoms with van der Waals surface area (Å²) in [6.07, 6.45) is 10.6. The lowest BCUT2D eigenvalue weighted by atomic mass is 10.1. The standard InChI is InChI=1S/C25H36O4/c1-7-20(4)18-29-25(26)14-12-22-11-13-23(24(17-22)27-6)28-16-15-21(5)10-8-9-19(2)3/h9,11-15,17,20H,7-8,10,16,18H2,1-6H3/b14-12?,21-15+. The number of methoxy groups -OCH3 is 1. The van der Waals surface area contributed by atoms with Gasteiger partial charge in [-0.05, 0) is 69.4 Å². The highest BCUT2D eigenvalue weighted by atomic mass is 16.5. The average Bonchev–Trinajstić information content (AvgIpc) is 2.70. The first-order valence-electron chi connectivity index (χ1n) is 10.3. The maximum Gasteiger partial charge on any atom is 0.330 e. The summed E-state index contributed by atoms with van der Waals surface area (Å²) in [6.45, 7) is 11.4. The van der Waals surface area contributed by atoms with Crippen LogP contribution in [0.2, 0.25) is 0 Å². The third-order valence-electron chi connectivity index (χ3n) is 4.57. The lowest BCUT2D eigenvalue weighted by molar-refractivity contribution is -0.138. The van der Waals surface area contributed by atoms with Crippen LogP contribution in [-0.2, 0) is 9.53 Å². The van der Waals surface area contributed by atoms with Crippen molar-refractivity contribution in [3.8, 4) is 11.5 Å². The first-order valence-corrected chi connectivity index (χ1v) is 10.3. The van der Waals surface area contributed by atoms with E-state index in [-0.39, 0.29) is 5.97 Å². The lowest BCUT2D eigenvalue weighted by Crippen LogP contribution is -2.08. The zero-order valence-electron chi connectivity index (χ0n) is 18.8. The Morgan fingerprint density at radius 3 is 2.55 bits per heavy atom. The molecule has 1 aromatic carbocycles. The molecule has 1 unspecified atom stereocenters. The average molecular weight is 401 g/mol. The fraction of sp³-hybridized carbons (Fsp3) is 0.480. The molecule has 0 spiro atoms. The van der Waals surface area contributed by atoms with Crippen LogP contribution < -0.4 is 9.47 Å². The van der Waals surface area contributed by atoms with Gasteiger partial charge in [-0.15, -0.1) is 0 Å². The van der Waals surface area contributed by atoms with Gasteiger partial charge in [0.1, 0.15) is 6.61 Å². The molecule has 0 radical (unpaired) electrons. The Balaban J connectivity index is 2.61. The van der Waals surface area contributed by atoms with Gasteiger partial charge in [-0.1, -0.05) is 43.6 Å². The first kappa shape index (κ1) is 24.5. The zero-order valence-corrected chi connectivity index (χ0v) is 18.8. The van der Waals surface area contributed by atoms with Crippen LogP contribution in [0.15, 0.2) is 47.6 Å². The second-order valence-electron chi connectivity index (χ2n) is 7.57. The van der Waals surface area contributed by atoms with Crippen LogP contribution in [0.25, 0.3) is 6.08 Å². The van der Waals surface area contributed by atoms with Crippen molar-refractivity contribution in [1.29, 1.82) is 0 Å². The van der Waals surface area contributed by atoms with Crippen LogP contribution >= 0.6 is 0 Å². The Hall–Kier alpha value is -2.49. The number of ether oxygens (including phenoxy) is 3. The molecule has 0 aliphatic carbocycles. The van der Waals surface area contributed by atoms with Crippen molar-refractivity contribution in [2.45, 2.75) is 53.9 Å². The van der Waals surface area contributed by atoms with Gasteiger partial charge in [-0.2, -0.15) is 0 Å². The zero-order chi connectivity index (χ0) is 21.6. The highest BCUT2D eigenvalue weighted by molar-refractivity contribution is 5.87. The fourth-order valence-electron chi connectivity index (χ4n) is 2.43. The summed E-state index contributed by atoms with van der Waals surface area (Å²) in [4.78, 5) is 11.8. The minimum atomic E-state index is -0.335. The lowest BCUT2D eigenvalue weighted by Gasteiger charge is -2.10. The minimum absolute atomic E-state index is 0.335. The third kappa shape index (κ3) is 10.6. The van der Waals surface area contributed by atoms with Crippen molar-refractivity contribution in [2.24, 2.45) is 5.92 Å². The summed E-state index contributed by atoms with van der Waals surface area (Å²) in [5.74, 6) is 1.35. The van der Waals surface area contributed by atoms with E-state index in [1.807, 2.05) is 18.2 Å². The van der Waals surface area contributed by atoms with Crippen LogP contribution in [0, 0.1) is 5.92 Å². The van der Waals surface area contributed by atoms with Gasteiger partial charge in [-0.3, -0.25) is 0 Å². The van der Waals surface area contributed by atoms with E-state index in [1.54, 1.807) is 13.2 Å². The molecule has 160 valence electrons. The quantitative estimate of drug-likeness (QED) is 0.232. The highest BCUT2D eigenvalue weighted by Crippen LogP contribution is 2.28. The van der Waals surface area contributed by atoms with Gasteiger partial charge in [0.2, 0.25) is 0 Å². The number of hydrogen-bond donors (Lipinski definition) is 0. The summed E-state index contributed by atoms with van der Waals surface area (Å²) in [5.41, 5.74) is 3.50. The Labute approximate surface area is 176 Å². The molecule has 4 nitrogen and oxygen atoms in total. The van der Waals surface area contributed by atoms with Gasteiger partial charge >= 0.3 is 5.97 Å². The summed E-state index contributed by atoms with van der Waals surface area (Å²) >= 11 is 0. The van der Waals surface area contributed by atoms with Crippen molar-refractivity contribution in [3.05, 3.63) is 53.1 Å². The molecule has 29 heavy (non-hydrogen) atoms. The summed E-state index contributed by atoms with van der Waals surface area (Å²) in [5, 5.41) is 0. The molecular formula is C25H36O4. The molecule has 0 aromatic heterocycles. The number of carbonyl (C=O) groups is 1. The molecule has 1 rings (SSSR count). The van der Waals surface area contributed by atoms with Crippen molar-refractivity contribution in [1.82, 2.24) is 0 Å². The number of esters is 1. The Bertz CT molecular complexity index is 724. The highest BCUT2D eigenvalue weighted by Gasteiger charge is 2.06. The number of rotatable bonds is 12. The predicted octanol–water partition coefficient (Wildman–Crippen LogP) is 6.37. The molecule has 0 aliphatic heterocycles. The molecule has 0 aliphatic rings. The SMILES string of the molecule is CCC(C)COC(=O)C=Cc1ccc(OC/C=C(\C)CCC=C(C)C)c(OC)c1. The maximum absolute atomic E-state index is 11.8. The molecule has 0 bridgehead atoms. The Morgan fingerprint density at radius 2 is 1.90 bits per heavy atom. The minimum Gasteiger partial charge on any atom is -0.493 e. The Morgan fingerprint density at radius 1 is 1.14 bits per heavy atom. The van der Waals surface area contributed by atoms with Crippen LogP contribution in [0.5, 0.6) is 11.5 Å². The van der Waals surface area contributed by atoms with E-state index in [1.165, 1.54) is 17.2 Å².